The van der Waals surface area contributed by atoms with E-state index in [9.17, 15) is 8.42 Å². The first-order valence-electron chi connectivity index (χ1n) is 7.84. The summed E-state index contributed by atoms with van der Waals surface area (Å²) in [5.41, 5.74) is 2.04. The number of aromatic amines is 1. The fourth-order valence-corrected chi connectivity index (χ4v) is 3.22. The molecule has 2 heterocycles. The van der Waals surface area contributed by atoms with Crippen LogP contribution in [0.4, 0.5) is 17.4 Å². The van der Waals surface area contributed by atoms with Gasteiger partial charge in [0.2, 0.25) is 10.0 Å². The van der Waals surface area contributed by atoms with Crippen LogP contribution in [0.5, 0.6) is 0 Å². The third-order valence-electron chi connectivity index (χ3n) is 3.77. The van der Waals surface area contributed by atoms with Gasteiger partial charge < -0.3 is 14.7 Å². The molecule has 2 aromatic heterocycles. The van der Waals surface area contributed by atoms with Crippen LogP contribution < -0.4 is 10.0 Å². The zero-order chi connectivity index (χ0) is 18.1. The van der Waals surface area contributed by atoms with Crippen molar-refractivity contribution in [2.24, 2.45) is 0 Å². The number of nitrogens with zero attached hydrogens (tertiary/aromatic N) is 1. The highest BCUT2D eigenvalue weighted by molar-refractivity contribution is 7.92. The Labute approximate surface area is 150 Å². The van der Waals surface area contributed by atoms with E-state index in [1.807, 2.05) is 30.6 Å². The summed E-state index contributed by atoms with van der Waals surface area (Å²) in [4.78, 5) is 7.30. The van der Waals surface area contributed by atoms with Gasteiger partial charge in [-0.2, -0.15) is 0 Å². The van der Waals surface area contributed by atoms with Crippen molar-refractivity contribution in [3.63, 3.8) is 0 Å². The molecule has 0 aliphatic heterocycles. The molecule has 2 aromatic carbocycles. The van der Waals surface area contributed by atoms with Gasteiger partial charge in [-0.05, 0) is 35.0 Å². The van der Waals surface area contributed by atoms with Crippen molar-refractivity contribution in [2.45, 2.75) is 0 Å². The molecule has 0 radical (unpaired) electrons. The minimum Gasteiger partial charge on any atom is -0.423 e. The third kappa shape index (κ3) is 3.55. The predicted molar refractivity (Wildman–Crippen MR) is 102 cm³/mol. The van der Waals surface area contributed by atoms with E-state index in [1.54, 1.807) is 30.5 Å². The second-order valence-electron chi connectivity index (χ2n) is 5.91. The standard InChI is InChI=1S/C18H16N4O3S/c1-26(23,24)22-16-4-2-3-15(8-16)21-18-20-11-17(25-18)12-5-6-13-9-19-10-14(13)7-12/h2-11,19,22H,1H3,(H,20,21). The Morgan fingerprint density at radius 1 is 1.04 bits per heavy atom. The second-order valence-corrected chi connectivity index (χ2v) is 7.66. The Morgan fingerprint density at radius 3 is 2.69 bits per heavy atom. The lowest BCUT2D eigenvalue weighted by atomic mass is 10.1. The summed E-state index contributed by atoms with van der Waals surface area (Å²) >= 11 is 0. The van der Waals surface area contributed by atoms with Crippen LogP contribution in [-0.2, 0) is 10.0 Å². The van der Waals surface area contributed by atoms with Gasteiger partial charge in [0, 0.05) is 23.6 Å². The molecule has 0 saturated heterocycles. The highest BCUT2D eigenvalue weighted by Gasteiger charge is 2.09. The first-order valence-corrected chi connectivity index (χ1v) is 9.73. The lowest BCUT2D eigenvalue weighted by Gasteiger charge is -2.06. The minimum absolute atomic E-state index is 0.325. The molecule has 0 bridgehead atoms. The van der Waals surface area contributed by atoms with Crippen LogP contribution in [0.15, 0.2) is 65.5 Å². The SMILES string of the molecule is CS(=O)(=O)Nc1cccc(Nc2ncc(-c3ccc4c[nH]cc4c3)o2)c1. The van der Waals surface area contributed by atoms with Gasteiger partial charge in [0.05, 0.1) is 18.1 Å². The molecule has 7 nitrogen and oxygen atoms in total. The summed E-state index contributed by atoms with van der Waals surface area (Å²) in [5, 5.41) is 5.25. The number of hydrogen-bond donors (Lipinski definition) is 3. The van der Waals surface area contributed by atoms with Crippen molar-refractivity contribution < 1.29 is 12.8 Å². The molecule has 0 unspecified atom stereocenters. The van der Waals surface area contributed by atoms with Gasteiger partial charge in [-0.3, -0.25) is 4.72 Å². The number of nitrogens with one attached hydrogen (secondary N) is 3. The molecule has 0 spiro atoms. The highest BCUT2D eigenvalue weighted by Crippen LogP contribution is 2.28. The number of hydrogen-bond acceptors (Lipinski definition) is 5. The fourth-order valence-electron chi connectivity index (χ4n) is 2.67. The quantitative estimate of drug-likeness (QED) is 0.495. The van der Waals surface area contributed by atoms with E-state index in [1.165, 1.54) is 0 Å². The van der Waals surface area contributed by atoms with Crippen LogP contribution in [0.2, 0.25) is 0 Å². The monoisotopic (exact) mass is 368 g/mol. The number of oxazole rings is 1. The normalized spacial score (nSPS) is 11.6. The molecule has 0 saturated carbocycles. The number of H-pyrrole nitrogens is 1. The second kappa shape index (κ2) is 6.23. The van der Waals surface area contributed by atoms with Gasteiger partial charge in [0.1, 0.15) is 0 Å². The first-order chi connectivity index (χ1) is 12.5. The Hall–Kier alpha value is -3.26. The van der Waals surface area contributed by atoms with E-state index in [2.05, 4.69) is 20.0 Å². The van der Waals surface area contributed by atoms with Crippen molar-refractivity contribution in [3.8, 4) is 11.3 Å². The molecular formula is C18H16N4O3S. The van der Waals surface area contributed by atoms with Crippen LogP contribution in [0, 0.1) is 0 Å². The maximum atomic E-state index is 11.3. The van der Waals surface area contributed by atoms with E-state index in [4.69, 9.17) is 4.42 Å². The molecule has 132 valence electrons. The van der Waals surface area contributed by atoms with Gasteiger partial charge in [-0.15, -0.1) is 0 Å². The van der Waals surface area contributed by atoms with E-state index in [0.29, 0.717) is 23.1 Å². The maximum Gasteiger partial charge on any atom is 0.299 e. The van der Waals surface area contributed by atoms with Crippen LogP contribution in [0.1, 0.15) is 0 Å². The molecule has 0 aliphatic rings. The average Bonchev–Trinajstić information content (AvgIpc) is 3.21. The Kier molecular flexibility index (Phi) is 3.89. The number of fused-ring (bicyclic) bond motifs is 1. The van der Waals surface area contributed by atoms with Gasteiger partial charge in [-0.1, -0.05) is 18.2 Å². The largest absolute Gasteiger partial charge is 0.423 e. The van der Waals surface area contributed by atoms with Crippen LogP contribution in [-0.4, -0.2) is 24.6 Å². The van der Waals surface area contributed by atoms with Crippen molar-refractivity contribution in [3.05, 3.63) is 61.1 Å². The van der Waals surface area contributed by atoms with Crippen molar-refractivity contribution in [2.75, 3.05) is 16.3 Å². The minimum atomic E-state index is -3.33. The molecular weight excluding hydrogens is 352 g/mol. The van der Waals surface area contributed by atoms with Gasteiger partial charge >= 0.3 is 0 Å². The lowest BCUT2D eigenvalue weighted by molar-refractivity contribution is 0.592. The summed E-state index contributed by atoms with van der Waals surface area (Å²) in [6, 6.07) is 13.2. The number of benzene rings is 2. The number of rotatable bonds is 5. The topological polar surface area (TPSA) is 100 Å². The van der Waals surface area contributed by atoms with E-state index >= 15 is 0 Å². The van der Waals surface area contributed by atoms with Gasteiger partial charge in [-0.25, -0.2) is 13.4 Å². The van der Waals surface area contributed by atoms with E-state index < -0.39 is 10.0 Å². The van der Waals surface area contributed by atoms with Crippen LogP contribution in [0.3, 0.4) is 0 Å². The third-order valence-corrected chi connectivity index (χ3v) is 4.38. The highest BCUT2D eigenvalue weighted by atomic mass is 32.2. The van der Waals surface area contributed by atoms with Crippen LogP contribution >= 0.6 is 0 Å². The lowest BCUT2D eigenvalue weighted by Crippen LogP contribution is -2.09. The molecule has 26 heavy (non-hydrogen) atoms. The fraction of sp³-hybridized carbons (Fsp3) is 0.0556. The molecule has 4 rings (SSSR count). The molecule has 0 amide bonds. The smallest absolute Gasteiger partial charge is 0.299 e. The average molecular weight is 368 g/mol. The summed E-state index contributed by atoms with van der Waals surface area (Å²) in [5.74, 6) is 0.640. The Bertz CT molecular complexity index is 1180. The molecule has 0 fully saturated rings. The first kappa shape index (κ1) is 16.2. The molecule has 8 heteroatoms. The molecule has 3 N–H and O–H groups in total. The van der Waals surface area contributed by atoms with Gasteiger partial charge in [0.25, 0.3) is 6.01 Å². The number of aromatic nitrogens is 2. The summed E-state index contributed by atoms with van der Waals surface area (Å²) in [6.07, 6.45) is 6.61. The van der Waals surface area contributed by atoms with Crippen molar-refractivity contribution in [1.82, 2.24) is 9.97 Å². The van der Waals surface area contributed by atoms with E-state index in [-0.39, 0.29) is 0 Å². The van der Waals surface area contributed by atoms with Crippen molar-refractivity contribution >= 4 is 38.2 Å². The molecule has 0 aliphatic carbocycles. The zero-order valence-corrected chi connectivity index (χ0v) is 14.7. The van der Waals surface area contributed by atoms with E-state index in [0.717, 1.165) is 22.6 Å². The Balaban J connectivity index is 1.56. The predicted octanol–water partition coefficient (Wildman–Crippen LogP) is 3.94. The molecule has 0 atom stereocenters. The summed E-state index contributed by atoms with van der Waals surface area (Å²) in [7, 11) is -3.33. The summed E-state index contributed by atoms with van der Waals surface area (Å²) < 4.78 is 30.9. The van der Waals surface area contributed by atoms with Crippen LogP contribution in [0.25, 0.3) is 22.1 Å². The Morgan fingerprint density at radius 2 is 1.85 bits per heavy atom. The molecule has 4 aromatic rings. The summed E-state index contributed by atoms with van der Waals surface area (Å²) in [6.45, 7) is 0. The number of sulfonamides is 1. The number of anilines is 3. The zero-order valence-electron chi connectivity index (χ0n) is 13.9. The van der Waals surface area contributed by atoms with Crippen molar-refractivity contribution in [1.29, 1.82) is 0 Å². The maximum absolute atomic E-state index is 11.3. The van der Waals surface area contributed by atoms with Gasteiger partial charge in [0.15, 0.2) is 5.76 Å².